The highest BCUT2D eigenvalue weighted by Gasteiger charge is 2.24. The third-order valence-electron chi connectivity index (χ3n) is 5.08. The average molecular weight is 535 g/mol. The summed E-state index contributed by atoms with van der Waals surface area (Å²) in [4.78, 5) is 43.4. The highest BCUT2D eigenvalue weighted by atomic mass is 35.5. The lowest BCUT2D eigenvalue weighted by Gasteiger charge is -2.25. The Hall–Kier alpha value is -3.81. The van der Waals surface area contributed by atoms with Crippen molar-refractivity contribution in [2.75, 3.05) is 45.6 Å². The van der Waals surface area contributed by atoms with Gasteiger partial charge in [-0.25, -0.2) is 14.6 Å². The topological polar surface area (TPSA) is 148 Å². The average Bonchev–Trinajstić information content (AvgIpc) is 3.38. The highest BCUT2D eigenvalue weighted by Crippen LogP contribution is 2.40. The second-order valence-corrected chi connectivity index (χ2v) is 8.73. The monoisotopic (exact) mass is 534 g/mol. The SMILES string of the molecule is [2H]C([2H])([2H])NC(=O)c1nnc(Cl)cc1Nc1cccc(-c2cnc(C(=O)OC(=O)N3CCNCC3)s2)c1OC. The van der Waals surface area contributed by atoms with Crippen LogP contribution in [-0.2, 0) is 4.74 Å². The molecule has 0 atom stereocenters. The highest BCUT2D eigenvalue weighted by molar-refractivity contribution is 7.16. The van der Waals surface area contributed by atoms with E-state index in [9.17, 15) is 14.4 Å². The molecular weight excluding hydrogens is 510 g/mol. The van der Waals surface area contributed by atoms with E-state index in [0.717, 1.165) is 11.3 Å². The molecule has 1 aromatic carbocycles. The number of para-hydroxylation sites is 1. The first kappa shape index (κ1) is 21.5. The summed E-state index contributed by atoms with van der Waals surface area (Å²) < 4.78 is 32.4. The second-order valence-electron chi connectivity index (χ2n) is 7.32. The number of hydrogen-bond donors (Lipinski definition) is 3. The molecule has 0 unspecified atom stereocenters. The third-order valence-corrected chi connectivity index (χ3v) is 6.28. The second kappa shape index (κ2) is 11.3. The molecule has 0 saturated carbocycles. The maximum atomic E-state index is 12.6. The molecule has 3 aromatic rings. The number of esters is 1. The fraction of sp³-hybridized carbons (Fsp3) is 0.273. The van der Waals surface area contributed by atoms with Crippen molar-refractivity contribution in [1.82, 2.24) is 30.7 Å². The van der Waals surface area contributed by atoms with Crippen molar-refractivity contribution in [3.63, 3.8) is 0 Å². The Kier molecular flexibility index (Phi) is 6.73. The van der Waals surface area contributed by atoms with Gasteiger partial charge in [-0.1, -0.05) is 17.7 Å². The van der Waals surface area contributed by atoms with Gasteiger partial charge in [-0.15, -0.1) is 21.5 Å². The molecule has 36 heavy (non-hydrogen) atoms. The Bertz CT molecular complexity index is 1400. The number of nitrogens with one attached hydrogen (secondary N) is 3. The molecule has 188 valence electrons. The summed E-state index contributed by atoms with van der Waals surface area (Å²) in [6.07, 6.45) is 0.711. The normalized spacial score (nSPS) is 14.7. The Morgan fingerprint density at radius 1 is 1.22 bits per heavy atom. The summed E-state index contributed by atoms with van der Waals surface area (Å²) in [5, 5.41) is 15.2. The predicted octanol–water partition coefficient (Wildman–Crippen LogP) is 2.55. The van der Waals surface area contributed by atoms with Crippen molar-refractivity contribution >= 4 is 52.3 Å². The van der Waals surface area contributed by atoms with E-state index in [-0.39, 0.29) is 21.5 Å². The number of anilines is 2. The summed E-state index contributed by atoms with van der Waals surface area (Å²) >= 11 is 6.97. The molecular formula is C22H22ClN7O5S. The fourth-order valence-corrected chi connectivity index (χ4v) is 4.37. The van der Waals surface area contributed by atoms with Gasteiger partial charge in [-0.05, 0) is 12.1 Å². The summed E-state index contributed by atoms with van der Waals surface area (Å²) in [5.74, 6) is -1.55. The fourth-order valence-electron chi connectivity index (χ4n) is 3.41. The number of methoxy groups -OCH3 is 1. The smallest absolute Gasteiger partial charge is 0.417 e. The number of halogens is 1. The van der Waals surface area contributed by atoms with Crippen molar-refractivity contribution in [2.24, 2.45) is 0 Å². The predicted molar refractivity (Wildman–Crippen MR) is 133 cm³/mol. The summed E-state index contributed by atoms with van der Waals surface area (Å²) in [6, 6.07) is 6.36. The first-order chi connectivity index (χ1) is 18.6. The lowest BCUT2D eigenvalue weighted by molar-refractivity contribution is 0.0532. The molecule has 0 radical (unpaired) electrons. The zero-order valence-corrected chi connectivity index (χ0v) is 20.4. The molecule has 3 heterocycles. The van der Waals surface area contributed by atoms with Gasteiger partial charge in [0, 0.05) is 55.1 Å². The van der Waals surface area contributed by atoms with Gasteiger partial charge >= 0.3 is 12.1 Å². The quantitative estimate of drug-likeness (QED) is 0.318. The Labute approximate surface area is 219 Å². The van der Waals surface area contributed by atoms with Crippen LogP contribution in [0.3, 0.4) is 0 Å². The van der Waals surface area contributed by atoms with Crippen LogP contribution in [0, 0.1) is 0 Å². The van der Waals surface area contributed by atoms with Gasteiger partial charge in [0.25, 0.3) is 5.91 Å². The minimum absolute atomic E-state index is 0.0253. The zero-order chi connectivity index (χ0) is 28.2. The Morgan fingerprint density at radius 2 is 2.03 bits per heavy atom. The molecule has 14 heteroatoms. The number of amides is 2. The molecule has 12 nitrogen and oxygen atoms in total. The first-order valence-corrected chi connectivity index (χ1v) is 11.7. The maximum absolute atomic E-state index is 12.6. The van der Waals surface area contributed by atoms with Gasteiger partial charge < -0.3 is 30.3 Å². The number of piperazine rings is 1. The van der Waals surface area contributed by atoms with E-state index >= 15 is 0 Å². The van der Waals surface area contributed by atoms with E-state index in [0.29, 0.717) is 48.1 Å². The van der Waals surface area contributed by atoms with Gasteiger partial charge in [0.05, 0.1) is 23.4 Å². The number of thiazole rings is 1. The van der Waals surface area contributed by atoms with Crippen molar-refractivity contribution < 1.29 is 28.0 Å². The van der Waals surface area contributed by atoms with Gasteiger partial charge in [-0.3, -0.25) is 4.79 Å². The number of rotatable bonds is 6. The number of nitrogens with zero attached hydrogens (tertiary/aromatic N) is 4. The van der Waals surface area contributed by atoms with Crippen molar-refractivity contribution in [1.29, 1.82) is 0 Å². The molecule has 0 bridgehead atoms. The Morgan fingerprint density at radius 3 is 2.78 bits per heavy atom. The van der Waals surface area contributed by atoms with Crippen LogP contribution in [0.1, 0.15) is 24.4 Å². The largest absolute Gasteiger partial charge is 0.494 e. The van der Waals surface area contributed by atoms with Crippen LogP contribution in [0.25, 0.3) is 10.4 Å². The number of benzene rings is 1. The summed E-state index contributed by atoms with van der Waals surface area (Å²) in [6.45, 7) is -0.646. The van der Waals surface area contributed by atoms with E-state index in [2.05, 4.69) is 25.8 Å². The zero-order valence-electron chi connectivity index (χ0n) is 21.8. The van der Waals surface area contributed by atoms with Crippen LogP contribution in [0.15, 0.2) is 30.5 Å². The van der Waals surface area contributed by atoms with Gasteiger partial charge in [-0.2, -0.15) is 0 Å². The van der Waals surface area contributed by atoms with Crippen molar-refractivity contribution in [2.45, 2.75) is 0 Å². The van der Waals surface area contributed by atoms with Crippen LogP contribution in [0.2, 0.25) is 5.15 Å². The maximum Gasteiger partial charge on any atom is 0.417 e. The lowest BCUT2D eigenvalue weighted by atomic mass is 10.1. The number of carbonyl (C=O) groups excluding carboxylic acids is 3. The lowest BCUT2D eigenvalue weighted by Crippen LogP contribution is -2.47. The minimum atomic E-state index is -2.74. The first-order valence-electron chi connectivity index (χ1n) is 12.0. The molecule has 1 aliphatic heterocycles. The standard InChI is InChI=1S/C22H22ClN7O5S/c1-24-19(31)17-14(10-16(23)28-29-17)27-13-5-3-4-12(18(13)34-2)15-11-26-20(36-15)21(32)35-22(33)30-8-6-25-7-9-30/h3-5,10-11,25H,6-9H2,1-2H3,(H,24,31)(H,27,28)/i1D3. The molecule has 1 aliphatic rings. The summed E-state index contributed by atoms with van der Waals surface area (Å²) in [5.41, 5.74) is 0.676. The van der Waals surface area contributed by atoms with Crippen LogP contribution < -0.4 is 20.7 Å². The van der Waals surface area contributed by atoms with E-state index < -0.39 is 24.9 Å². The molecule has 0 aliphatic carbocycles. The van der Waals surface area contributed by atoms with Crippen LogP contribution in [-0.4, -0.2) is 78.3 Å². The molecule has 2 aromatic heterocycles. The third kappa shape index (κ3) is 5.53. The van der Waals surface area contributed by atoms with E-state index in [1.165, 1.54) is 24.3 Å². The minimum Gasteiger partial charge on any atom is -0.494 e. The van der Waals surface area contributed by atoms with E-state index in [1.807, 2.05) is 5.32 Å². The van der Waals surface area contributed by atoms with Gasteiger partial charge in [0.2, 0.25) is 5.01 Å². The van der Waals surface area contributed by atoms with Crippen molar-refractivity contribution in [3.05, 3.63) is 46.3 Å². The van der Waals surface area contributed by atoms with Crippen LogP contribution in [0.5, 0.6) is 5.75 Å². The van der Waals surface area contributed by atoms with Gasteiger partial charge in [0.15, 0.2) is 16.6 Å². The number of aromatic nitrogens is 3. The molecule has 2 amide bonds. The molecule has 1 fully saturated rings. The number of hydrogen-bond acceptors (Lipinski definition) is 11. The molecule has 4 rings (SSSR count). The van der Waals surface area contributed by atoms with Crippen LogP contribution in [0.4, 0.5) is 16.2 Å². The number of ether oxygens (including phenoxy) is 2. The van der Waals surface area contributed by atoms with E-state index in [4.69, 9.17) is 25.2 Å². The van der Waals surface area contributed by atoms with Gasteiger partial charge in [0.1, 0.15) is 0 Å². The Balaban J connectivity index is 1.58. The van der Waals surface area contributed by atoms with Crippen molar-refractivity contribution in [3.8, 4) is 16.2 Å². The summed E-state index contributed by atoms with van der Waals surface area (Å²) in [7, 11) is 1.42. The molecule has 0 spiro atoms. The van der Waals surface area contributed by atoms with E-state index in [1.54, 1.807) is 18.2 Å². The molecule has 1 saturated heterocycles. The number of carbonyl (C=O) groups is 3. The van der Waals surface area contributed by atoms with Crippen LogP contribution >= 0.6 is 22.9 Å². The molecule has 3 N–H and O–H groups in total.